The molecule has 0 bridgehead atoms. The lowest BCUT2D eigenvalue weighted by atomic mass is 9.99. The van der Waals surface area contributed by atoms with Crippen LogP contribution in [0.15, 0.2) is 66.7 Å². The third-order valence-electron chi connectivity index (χ3n) is 4.82. The molecule has 2 aromatic rings. The second-order valence-electron chi connectivity index (χ2n) is 6.71. The predicted molar refractivity (Wildman–Crippen MR) is 103 cm³/mol. The molecule has 1 aliphatic heterocycles. The van der Waals surface area contributed by atoms with Gasteiger partial charge in [-0.25, -0.2) is 9.69 Å². The predicted octanol–water partition coefficient (Wildman–Crippen LogP) is 3.81. The summed E-state index contributed by atoms with van der Waals surface area (Å²) in [6.45, 7) is 3.39. The lowest BCUT2D eigenvalue weighted by Gasteiger charge is -2.24. The number of carbonyl (C=O) groups excluding carboxylic acids is 2. The zero-order chi connectivity index (χ0) is 19.4. The van der Waals surface area contributed by atoms with E-state index in [4.69, 9.17) is 4.74 Å². The lowest BCUT2D eigenvalue weighted by molar-refractivity contribution is -0.135. The van der Waals surface area contributed by atoms with Crippen LogP contribution in [-0.2, 0) is 9.53 Å². The van der Waals surface area contributed by atoms with E-state index in [-0.39, 0.29) is 0 Å². The maximum atomic E-state index is 12.8. The number of hydrogen-bond donors (Lipinski definition) is 1. The summed E-state index contributed by atoms with van der Waals surface area (Å²) in [5.41, 5.74) is 1.76. The topological polar surface area (TPSA) is 66.8 Å². The van der Waals surface area contributed by atoms with Crippen LogP contribution < -0.4 is 0 Å². The normalized spacial score (nSPS) is 21.9. The average molecular weight is 365 g/mol. The highest BCUT2D eigenvalue weighted by atomic mass is 16.6. The Morgan fingerprint density at radius 2 is 1.70 bits per heavy atom. The molecule has 0 aromatic heterocycles. The molecule has 3 rings (SSSR count). The molecular weight excluding hydrogens is 342 g/mol. The molecule has 1 fully saturated rings. The quantitative estimate of drug-likeness (QED) is 0.875. The molecule has 2 aromatic carbocycles. The van der Waals surface area contributed by atoms with Gasteiger partial charge >= 0.3 is 6.09 Å². The number of rotatable bonds is 5. The van der Waals surface area contributed by atoms with Gasteiger partial charge in [0.1, 0.15) is 6.10 Å². The summed E-state index contributed by atoms with van der Waals surface area (Å²) in [5, 5.41) is 10.4. The van der Waals surface area contributed by atoms with E-state index in [2.05, 4.69) is 0 Å². The van der Waals surface area contributed by atoms with Crippen LogP contribution in [-0.4, -0.2) is 34.2 Å². The van der Waals surface area contributed by atoms with E-state index >= 15 is 0 Å². The van der Waals surface area contributed by atoms with E-state index in [9.17, 15) is 14.7 Å². The van der Waals surface area contributed by atoms with E-state index in [1.54, 1.807) is 26.0 Å². The highest BCUT2D eigenvalue weighted by Gasteiger charge is 2.45. The Balaban J connectivity index is 1.70. The molecule has 1 heterocycles. The average Bonchev–Trinajstić information content (AvgIpc) is 3.00. The van der Waals surface area contributed by atoms with Gasteiger partial charge in [-0.15, -0.1) is 0 Å². The fraction of sp³-hybridized carbons (Fsp3) is 0.273. The Morgan fingerprint density at radius 1 is 1.11 bits per heavy atom. The van der Waals surface area contributed by atoms with Gasteiger partial charge in [-0.3, -0.25) is 4.79 Å². The van der Waals surface area contributed by atoms with Gasteiger partial charge in [0.15, 0.2) is 0 Å². The summed E-state index contributed by atoms with van der Waals surface area (Å²) in [6.07, 6.45) is 1.14. The van der Waals surface area contributed by atoms with Gasteiger partial charge in [0.25, 0.3) is 0 Å². The van der Waals surface area contributed by atoms with Crippen molar-refractivity contribution in [1.82, 2.24) is 4.90 Å². The molecule has 4 atom stereocenters. The van der Waals surface area contributed by atoms with Gasteiger partial charge in [-0.05, 0) is 18.1 Å². The summed E-state index contributed by atoms with van der Waals surface area (Å²) < 4.78 is 5.42. The third-order valence-corrected chi connectivity index (χ3v) is 4.82. The summed E-state index contributed by atoms with van der Waals surface area (Å²) in [7, 11) is 0. The number of aliphatic hydroxyl groups is 1. The Kier molecular flexibility index (Phi) is 5.72. The van der Waals surface area contributed by atoms with E-state index < -0.39 is 36.2 Å². The van der Waals surface area contributed by atoms with Crippen molar-refractivity contribution in [2.24, 2.45) is 5.92 Å². The molecule has 5 nitrogen and oxygen atoms in total. The Morgan fingerprint density at radius 3 is 2.33 bits per heavy atom. The molecule has 0 aliphatic carbocycles. The van der Waals surface area contributed by atoms with Crippen LogP contribution in [0.5, 0.6) is 0 Å². The van der Waals surface area contributed by atoms with Crippen LogP contribution in [0.2, 0.25) is 0 Å². The lowest BCUT2D eigenvalue weighted by Crippen LogP contribution is -2.43. The molecule has 5 heteroatoms. The van der Waals surface area contributed by atoms with Crippen molar-refractivity contribution in [3.63, 3.8) is 0 Å². The highest BCUT2D eigenvalue weighted by molar-refractivity contribution is 5.95. The number of benzene rings is 2. The Hall–Kier alpha value is -2.92. The van der Waals surface area contributed by atoms with Crippen LogP contribution in [0.1, 0.15) is 31.1 Å². The maximum absolute atomic E-state index is 12.8. The molecular formula is C22H23NO4. The van der Waals surface area contributed by atoms with Crippen LogP contribution in [0.4, 0.5) is 4.79 Å². The monoisotopic (exact) mass is 365 g/mol. The largest absolute Gasteiger partial charge is 0.439 e. The van der Waals surface area contributed by atoms with E-state index in [0.29, 0.717) is 0 Å². The van der Waals surface area contributed by atoms with Crippen molar-refractivity contribution < 1.29 is 19.4 Å². The van der Waals surface area contributed by atoms with E-state index in [1.807, 2.05) is 60.7 Å². The van der Waals surface area contributed by atoms with Crippen molar-refractivity contribution in [2.45, 2.75) is 32.1 Å². The van der Waals surface area contributed by atoms with Gasteiger partial charge in [-0.2, -0.15) is 0 Å². The minimum absolute atomic E-state index is 0.444. The Labute approximate surface area is 158 Å². The maximum Gasteiger partial charge on any atom is 0.417 e. The molecule has 0 radical (unpaired) electrons. The number of hydrogen-bond acceptors (Lipinski definition) is 4. The minimum Gasteiger partial charge on any atom is -0.439 e. The molecule has 27 heavy (non-hydrogen) atoms. The van der Waals surface area contributed by atoms with E-state index in [1.165, 1.54) is 0 Å². The van der Waals surface area contributed by atoms with Crippen LogP contribution in [0.3, 0.4) is 0 Å². The first kappa shape index (κ1) is 18.9. The molecule has 0 saturated carbocycles. The molecule has 2 amide bonds. The minimum atomic E-state index is -1.01. The van der Waals surface area contributed by atoms with E-state index in [0.717, 1.165) is 16.0 Å². The van der Waals surface area contributed by atoms with Gasteiger partial charge < -0.3 is 9.84 Å². The first-order valence-electron chi connectivity index (χ1n) is 8.99. The SMILES string of the molecule is C[C@@H]1[C@H](c2ccccc2)OC(=O)N1C(=O)[C@H](C)[C@@H](O)/C=C/c1ccccc1. The standard InChI is InChI=1S/C22H23NO4/c1-15(19(24)14-13-17-9-5-3-6-10-17)21(25)23-16(2)20(27-22(23)26)18-11-7-4-8-12-18/h3-16,19-20,24H,1-2H3/b14-13+/t15-,16-,19+,20-/m1/s1. The molecule has 1 N–H and O–H groups in total. The zero-order valence-electron chi connectivity index (χ0n) is 15.4. The van der Waals surface area contributed by atoms with Gasteiger partial charge in [0.05, 0.1) is 18.1 Å². The molecule has 1 aliphatic rings. The first-order chi connectivity index (χ1) is 13.0. The van der Waals surface area contributed by atoms with Gasteiger partial charge in [-0.1, -0.05) is 79.7 Å². The van der Waals surface area contributed by atoms with Crippen molar-refractivity contribution in [3.05, 3.63) is 77.9 Å². The number of aliphatic hydroxyl groups excluding tert-OH is 1. The fourth-order valence-corrected chi connectivity index (χ4v) is 3.15. The molecule has 0 unspecified atom stereocenters. The number of nitrogens with zero attached hydrogens (tertiary/aromatic N) is 1. The Bertz CT molecular complexity index is 819. The molecule has 0 spiro atoms. The van der Waals surface area contributed by atoms with Gasteiger partial charge in [0.2, 0.25) is 5.91 Å². The first-order valence-corrected chi connectivity index (χ1v) is 8.99. The van der Waals surface area contributed by atoms with Crippen LogP contribution in [0, 0.1) is 5.92 Å². The molecule has 1 saturated heterocycles. The summed E-state index contributed by atoms with van der Waals surface area (Å²) in [5.74, 6) is -1.22. The highest BCUT2D eigenvalue weighted by Crippen LogP contribution is 2.33. The number of imide groups is 1. The summed E-state index contributed by atoms with van der Waals surface area (Å²) in [4.78, 5) is 26.2. The number of cyclic esters (lactones) is 1. The second kappa shape index (κ2) is 8.18. The summed E-state index contributed by atoms with van der Waals surface area (Å²) in [6, 6.07) is 18.4. The smallest absolute Gasteiger partial charge is 0.417 e. The zero-order valence-corrected chi connectivity index (χ0v) is 15.4. The second-order valence-corrected chi connectivity index (χ2v) is 6.71. The van der Waals surface area contributed by atoms with Gasteiger partial charge in [0, 0.05) is 0 Å². The number of carbonyl (C=O) groups is 2. The van der Waals surface area contributed by atoms with Crippen LogP contribution >= 0.6 is 0 Å². The van der Waals surface area contributed by atoms with Crippen molar-refractivity contribution in [2.75, 3.05) is 0 Å². The van der Waals surface area contributed by atoms with Crippen LogP contribution in [0.25, 0.3) is 6.08 Å². The third kappa shape index (κ3) is 4.09. The number of amides is 2. The number of ether oxygens (including phenoxy) is 1. The van der Waals surface area contributed by atoms with Crippen molar-refractivity contribution in [1.29, 1.82) is 0 Å². The fourth-order valence-electron chi connectivity index (χ4n) is 3.15. The summed E-state index contributed by atoms with van der Waals surface area (Å²) >= 11 is 0. The van der Waals surface area contributed by atoms with Crippen molar-refractivity contribution >= 4 is 18.1 Å². The van der Waals surface area contributed by atoms with Crippen molar-refractivity contribution in [3.8, 4) is 0 Å². The molecule has 140 valence electrons.